The molecular weight excluding hydrogens is 230 g/mol. The molecule has 0 aromatic carbocycles. The highest BCUT2D eigenvalue weighted by atomic mass is 32.2. The normalized spacial score (nSPS) is 24.5. The van der Waals surface area contributed by atoms with Gasteiger partial charge in [-0.25, -0.2) is 8.42 Å². The fourth-order valence-corrected chi connectivity index (χ4v) is 4.31. The highest BCUT2D eigenvalue weighted by molar-refractivity contribution is 7.99. The molecule has 1 unspecified atom stereocenters. The van der Waals surface area contributed by atoms with E-state index in [0.29, 0.717) is 11.5 Å². The fraction of sp³-hybridized carbons (Fsp3) is 1.00. The van der Waals surface area contributed by atoms with Crippen LogP contribution in [0.4, 0.5) is 0 Å². The van der Waals surface area contributed by atoms with Crippen molar-refractivity contribution in [2.45, 2.75) is 32.2 Å². The van der Waals surface area contributed by atoms with E-state index in [2.05, 4.69) is 12.2 Å². The van der Waals surface area contributed by atoms with Gasteiger partial charge in [-0.3, -0.25) is 0 Å². The first-order valence-electron chi connectivity index (χ1n) is 5.65. The summed E-state index contributed by atoms with van der Waals surface area (Å²) in [6.07, 6.45) is 3.33. The number of thioether (sulfide) groups is 1. The van der Waals surface area contributed by atoms with Gasteiger partial charge in [-0.2, -0.15) is 11.8 Å². The average molecular weight is 251 g/mol. The number of rotatable bonds is 7. The third kappa shape index (κ3) is 5.78. The predicted molar refractivity (Wildman–Crippen MR) is 67.3 cm³/mol. The molecule has 5 heteroatoms. The van der Waals surface area contributed by atoms with E-state index in [1.54, 1.807) is 0 Å². The minimum absolute atomic E-state index is 0.210. The molecule has 1 fully saturated rings. The van der Waals surface area contributed by atoms with Gasteiger partial charge in [0.15, 0.2) is 9.84 Å². The lowest BCUT2D eigenvalue weighted by Gasteiger charge is -2.09. The molecule has 1 saturated heterocycles. The largest absolute Gasteiger partial charge is 0.312 e. The maximum absolute atomic E-state index is 11.2. The monoisotopic (exact) mass is 251 g/mol. The Balaban J connectivity index is 1.97. The Morgan fingerprint density at radius 3 is 2.80 bits per heavy atom. The number of sulfone groups is 1. The molecule has 1 rings (SSSR count). The van der Waals surface area contributed by atoms with E-state index in [0.717, 1.165) is 18.7 Å². The van der Waals surface area contributed by atoms with Crippen LogP contribution in [-0.4, -0.2) is 44.0 Å². The zero-order chi connectivity index (χ0) is 11.1. The minimum atomic E-state index is -2.72. The van der Waals surface area contributed by atoms with Crippen molar-refractivity contribution in [3.05, 3.63) is 0 Å². The number of hydrogen-bond acceptors (Lipinski definition) is 4. The van der Waals surface area contributed by atoms with Crippen LogP contribution in [0, 0.1) is 0 Å². The lowest BCUT2D eigenvalue weighted by Crippen LogP contribution is -2.31. The molecule has 0 aromatic rings. The van der Waals surface area contributed by atoms with E-state index in [9.17, 15) is 8.42 Å². The fourth-order valence-electron chi connectivity index (χ4n) is 1.64. The van der Waals surface area contributed by atoms with Crippen molar-refractivity contribution < 1.29 is 8.42 Å². The summed E-state index contributed by atoms with van der Waals surface area (Å²) >= 11 is 1.95. The predicted octanol–water partition coefficient (Wildman–Crippen LogP) is 1.30. The molecule has 0 saturated carbocycles. The maximum Gasteiger partial charge on any atom is 0.151 e. The van der Waals surface area contributed by atoms with E-state index < -0.39 is 9.84 Å². The van der Waals surface area contributed by atoms with Crippen LogP contribution in [0.15, 0.2) is 0 Å². The molecule has 0 amide bonds. The van der Waals surface area contributed by atoms with E-state index in [-0.39, 0.29) is 6.04 Å². The summed E-state index contributed by atoms with van der Waals surface area (Å²) < 4.78 is 22.3. The van der Waals surface area contributed by atoms with E-state index in [4.69, 9.17) is 0 Å². The molecule has 0 bridgehead atoms. The summed E-state index contributed by atoms with van der Waals surface area (Å²) in [6.45, 7) is 3.14. The molecule has 15 heavy (non-hydrogen) atoms. The Labute approximate surface area is 97.3 Å². The van der Waals surface area contributed by atoms with Gasteiger partial charge in [-0.15, -0.1) is 0 Å². The Kier molecular flexibility index (Phi) is 6.00. The van der Waals surface area contributed by atoms with Gasteiger partial charge in [-0.1, -0.05) is 13.3 Å². The summed E-state index contributed by atoms with van der Waals surface area (Å²) in [6, 6.07) is 0.210. The molecule has 1 N–H and O–H groups in total. The van der Waals surface area contributed by atoms with Crippen molar-refractivity contribution in [2.24, 2.45) is 0 Å². The van der Waals surface area contributed by atoms with Crippen LogP contribution in [0.1, 0.15) is 26.2 Å². The third-order valence-corrected chi connectivity index (χ3v) is 5.39. The standard InChI is InChI=1S/C10H21NO2S2/c1-2-3-6-14-7-5-11-10-4-8-15(12,13)9-10/h10-11H,2-9H2,1H3. The van der Waals surface area contributed by atoms with Crippen LogP contribution >= 0.6 is 11.8 Å². The quantitative estimate of drug-likeness (QED) is 0.693. The van der Waals surface area contributed by atoms with Crippen molar-refractivity contribution in [1.82, 2.24) is 5.32 Å². The molecule has 90 valence electrons. The van der Waals surface area contributed by atoms with Gasteiger partial charge < -0.3 is 5.32 Å². The first-order valence-corrected chi connectivity index (χ1v) is 8.63. The first-order chi connectivity index (χ1) is 7.14. The van der Waals surface area contributed by atoms with E-state index >= 15 is 0 Å². The summed E-state index contributed by atoms with van der Waals surface area (Å²) in [5, 5.41) is 3.31. The Bertz CT molecular complexity index is 265. The molecular formula is C10H21NO2S2. The molecule has 1 atom stereocenters. The van der Waals surface area contributed by atoms with Crippen molar-refractivity contribution in [3.8, 4) is 0 Å². The summed E-state index contributed by atoms with van der Waals surface area (Å²) in [7, 11) is -2.72. The van der Waals surface area contributed by atoms with Gasteiger partial charge in [0.2, 0.25) is 0 Å². The molecule has 0 aromatic heterocycles. The second-order valence-corrected chi connectivity index (χ2v) is 7.47. The smallest absolute Gasteiger partial charge is 0.151 e. The van der Waals surface area contributed by atoms with Crippen LogP contribution in [0.3, 0.4) is 0 Å². The van der Waals surface area contributed by atoms with Crippen molar-refractivity contribution in [1.29, 1.82) is 0 Å². The average Bonchev–Trinajstić information content (AvgIpc) is 2.52. The molecule has 0 aliphatic carbocycles. The van der Waals surface area contributed by atoms with Crippen LogP contribution < -0.4 is 5.32 Å². The molecule has 1 aliphatic rings. The number of unbranched alkanes of at least 4 members (excludes halogenated alkanes) is 1. The van der Waals surface area contributed by atoms with E-state index in [1.807, 2.05) is 11.8 Å². The molecule has 1 heterocycles. The van der Waals surface area contributed by atoms with Crippen molar-refractivity contribution in [3.63, 3.8) is 0 Å². The topological polar surface area (TPSA) is 46.2 Å². The van der Waals surface area contributed by atoms with Gasteiger partial charge in [-0.05, 0) is 18.6 Å². The summed E-state index contributed by atoms with van der Waals surface area (Å²) in [5.74, 6) is 3.03. The second kappa shape index (κ2) is 6.76. The van der Waals surface area contributed by atoms with Crippen LogP contribution in [0.25, 0.3) is 0 Å². The number of nitrogens with one attached hydrogen (secondary N) is 1. The molecule has 0 radical (unpaired) electrons. The van der Waals surface area contributed by atoms with Gasteiger partial charge >= 0.3 is 0 Å². The summed E-state index contributed by atoms with van der Waals surface area (Å²) in [4.78, 5) is 0. The zero-order valence-corrected chi connectivity index (χ0v) is 11.0. The van der Waals surface area contributed by atoms with Gasteiger partial charge in [0.05, 0.1) is 11.5 Å². The van der Waals surface area contributed by atoms with Crippen LogP contribution in [0.5, 0.6) is 0 Å². The molecule has 1 aliphatic heterocycles. The Morgan fingerprint density at radius 1 is 1.40 bits per heavy atom. The van der Waals surface area contributed by atoms with Gasteiger partial charge in [0.25, 0.3) is 0 Å². The van der Waals surface area contributed by atoms with Gasteiger partial charge in [0.1, 0.15) is 0 Å². The van der Waals surface area contributed by atoms with Crippen molar-refractivity contribution in [2.75, 3.05) is 29.6 Å². The highest BCUT2D eigenvalue weighted by Crippen LogP contribution is 2.11. The van der Waals surface area contributed by atoms with E-state index in [1.165, 1.54) is 18.6 Å². The lowest BCUT2D eigenvalue weighted by molar-refractivity contribution is 0.575. The first kappa shape index (κ1) is 13.3. The van der Waals surface area contributed by atoms with Crippen molar-refractivity contribution >= 4 is 21.6 Å². The van der Waals surface area contributed by atoms with Gasteiger partial charge in [0, 0.05) is 18.3 Å². The second-order valence-electron chi connectivity index (χ2n) is 4.02. The lowest BCUT2D eigenvalue weighted by atomic mass is 10.3. The third-order valence-electron chi connectivity index (χ3n) is 2.55. The SMILES string of the molecule is CCCCSCCNC1CCS(=O)(=O)C1. The minimum Gasteiger partial charge on any atom is -0.312 e. The molecule has 3 nitrogen and oxygen atoms in total. The Hall–Kier alpha value is 0.260. The van der Waals surface area contributed by atoms with Crippen LogP contribution in [-0.2, 0) is 9.84 Å². The highest BCUT2D eigenvalue weighted by Gasteiger charge is 2.26. The maximum atomic E-state index is 11.2. The number of hydrogen-bond donors (Lipinski definition) is 1. The van der Waals surface area contributed by atoms with Crippen LogP contribution in [0.2, 0.25) is 0 Å². The Morgan fingerprint density at radius 2 is 2.20 bits per heavy atom. The zero-order valence-electron chi connectivity index (χ0n) is 9.37. The molecule has 0 spiro atoms. The summed E-state index contributed by atoms with van der Waals surface area (Å²) in [5.41, 5.74) is 0.